The molecule has 1 aromatic heterocycles. The lowest BCUT2D eigenvalue weighted by Gasteiger charge is -2.34. The molecular weight excluding hydrogens is 358 g/mol. The van der Waals surface area contributed by atoms with E-state index in [4.69, 9.17) is 5.73 Å². The van der Waals surface area contributed by atoms with E-state index in [1.165, 1.54) is 0 Å². The smallest absolute Gasteiger partial charge is 0.229 e. The van der Waals surface area contributed by atoms with Gasteiger partial charge in [-0.3, -0.25) is 9.69 Å². The number of phenols is 1. The Hall–Kier alpha value is -2.94. The Labute approximate surface area is 164 Å². The van der Waals surface area contributed by atoms with Crippen molar-refractivity contribution in [3.05, 3.63) is 30.1 Å². The van der Waals surface area contributed by atoms with Gasteiger partial charge in [-0.15, -0.1) is 0 Å². The molecule has 1 aromatic carbocycles. The van der Waals surface area contributed by atoms with Crippen molar-refractivity contribution in [1.29, 1.82) is 0 Å². The normalized spacial score (nSPS) is 16.5. The van der Waals surface area contributed by atoms with E-state index in [0.29, 0.717) is 17.5 Å². The maximum atomic E-state index is 12.5. The molecule has 1 fully saturated rings. The standard InChI is InChI=1S/C19H27N7O2/c1-12(16-22-18(20)24-19(23-16)25(2)3)26-10-8-13(9-11-26)17(28)21-14-6-4-5-7-15(14)27/h4-7,12-13,27H,8-11H2,1-3H3,(H,21,28)(H2,20,22,23,24). The monoisotopic (exact) mass is 385 g/mol. The molecular formula is C19H27N7O2. The van der Waals surface area contributed by atoms with Gasteiger partial charge in [0.1, 0.15) is 5.75 Å². The summed E-state index contributed by atoms with van der Waals surface area (Å²) in [5, 5.41) is 12.6. The minimum absolute atomic E-state index is 0.0221. The molecule has 1 aliphatic rings. The van der Waals surface area contributed by atoms with E-state index in [-0.39, 0.29) is 29.6 Å². The van der Waals surface area contributed by atoms with E-state index in [1.54, 1.807) is 29.2 Å². The van der Waals surface area contributed by atoms with E-state index in [1.807, 2.05) is 21.0 Å². The highest BCUT2D eigenvalue weighted by atomic mass is 16.3. The highest BCUT2D eigenvalue weighted by Gasteiger charge is 2.29. The first-order valence-electron chi connectivity index (χ1n) is 9.37. The van der Waals surface area contributed by atoms with Crippen molar-refractivity contribution in [2.24, 2.45) is 5.92 Å². The molecule has 1 saturated heterocycles. The lowest BCUT2D eigenvalue weighted by atomic mass is 9.94. The van der Waals surface area contributed by atoms with Gasteiger partial charge in [0.2, 0.25) is 17.8 Å². The fourth-order valence-corrected chi connectivity index (χ4v) is 3.31. The van der Waals surface area contributed by atoms with Crippen LogP contribution in [0.5, 0.6) is 5.75 Å². The minimum atomic E-state index is -0.0937. The topological polar surface area (TPSA) is 121 Å². The van der Waals surface area contributed by atoms with Gasteiger partial charge in [-0.2, -0.15) is 15.0 Å². The first kappa shape index (κ1) is 19.8. The molecule has 9 heteroatoms. The number of nitrogens with two attached hydrogens (primary N) is 1. The number of amides is 1. The second kappa shape index (κ2) is 8.39. The van der Waals surface area contributed by atoms with Gasteiger partial charge in [0, 0.05) is 20.0 Å². The molecule has 1 aliphatic heterocycles. The molecule has 2 heterocycles. The number of nitrogens with zero attached hydrogens (tertiary/aromatic N) is 5. The van der Waals surface area contributed by atoms with Gasteiger partial charge in [-0.05, 0) is 45.0 Å². The summed E-state index contributed by atoms with van der Waals surface area (Å²) < 4.78 is 0. The van der Waals surface area contributed by atoms with Gasteiger partial charge in [0.15, 0.2) is 5.82 Å². The van der Waals surface area contributed by atoms with Gasteiger partial charge in [-0.25, -0.2) is 0 Å². The number of para-hydroxylation sites is 2. The van der Waals surface area contributed by atoms with Crippen LogP contribution in [-0.4, -0.2) is 58.1 Å². The zero-order valence-electron chi connectivity index (χ0n) is 16.5. The summed E-state index contributed by atoms with van der Waals surface area (Å²) in [6.45, 7) is 3.54. The molecule has 3 rings (SSSR count). The van der Waals surface area contributed by atoms with E-state index >= 15 is 0 Å². The Morgan fingerprint density at radius 1 is 1.25 bits per heavy atom. The van der Waals surface area contributed by atoms with Crippen LogP contribution in [0.25, 0.3) is 0 Å². The van der Waals surface area contributed by atoms with Crippen LogP contribution in [0.4, 0.5) is 17.6 Å². The highest BCUT2D eigenvalue weighted by Crippen LogP contribution is 2.28. The van der Waals surface area contributed by atoms with Crippen LogP contribution in [0.2, 0.25) is 0 Å². The Morgan fingerprint density at radius 2 is 1.93 bits per heavy atom. The predicted molar refractivity (Wildman–Crippen MR) is 108 cm³/mol. The molecule has 150 valence electrons. The van der Waals surface area contributed by atoms with Gasteiger partial charge in [0.25, 0.3) is 0 Å². The first-order valence-corrected chi connectivity index (χ1v) is 9.37. The second-order valence-electron chi connectivity index (χ2n) is 7.24. The lowest BCUT2D eigenvalue weighted by molar-refractivity contribution is -0.121. The summed E-state index contributed by atoms with van der Waals surface area (Å²) in [6, 6.07) is 6.73. The van der Waals surface area contributed by atoms with Crippen LogP contribution < -0.4 is 16.0 Å². The number of hydrogen-bond acceptors (Lipinski definition) is 8. The molecule has 0 bridgehead atoms. The van der Waals surface area contributed by atoms with Crippen molar-refractivity contribution in [3.63, 3.8) is 0 Å². The lowest BCUT2D eigenvalue weighted by Crippen LogP contribution is -2.40. The van der Waals surface area contributed by atoms with Gasteiger partial charge in [0.05, 0.1) is 11.7 Å². The van der Waals surface area contributed by atoms with Crippen molar-refractivity contribution < 1.29 is 9.90 Å². The van der Waals surface area contributed by atoms with Crippen molar-refractivity contribution in [3.8, 4) is 5.75 Å². The maximum absolute atomic E-state index is 12.5. The average molecular weight is 385 g/mol. The van der Waals surface area contributed by atoms with E-state index in [2.05, 4.69) is 25.2 Å². The van der Waals surface area contributed by atoms with Crippen LogP contribution in [-0.2, 0) is 4.79 Å². The Morgan fingerprint density at radius 3 is 2.57 bits per heavy atom. The Bertz CT molecular complexity index is 835. The Balaban J connectivity index is 1.60. The summed E-state index contributed by atoms with van der Waals surface area (Å²) in [5.41, 5.74) is 6.28. The quantitative estimate of drug-likeness (QED) is 0.664. The summed E-state index contributed by atoms with van der Waals surface area (Å²) in [7, 11) is 3.72. The number of benzene rings is 1. The number of phenolic OH excluding ortho intramolecular Hbond substituents is 1. The molecule has 1 amide bonds. The third-order valence-electron chi connectivity index (χ3n) is 5.04. The fraction of sp³-hybridized carbons (Fsp3) is 0.474. The number of hydrogen-bond donors (Lipinski definition) is 3. The summed E-state index contributed by atoms with van der Waals surface area (Å²) in [5.74, 6) is 1.29. The first-order chi connectivity index (χ1) is 13.3. The summed E-state index contributed by atoms with van der Waals surface area (Å²) >= 11 is 0. The number of carbonyl (C=O) groups is 1. The average Bonchev–Trinajstić information content (AvgIpc) is 2.68. The molecule has 0 aliphatic carbocycles. The molecule has 0 saturated carbocycles. The van der Waals surface area contributed by atoms with Crippen LogP contribution in [0.15, 0.2) is 24.3 Å². The molecule has 9 nitrogen and oxygen atoms in total. The van der Waals surface area contributed by atoms with Crippen molar-refractivity contribution in [2.75, 3.05) is 43.1 Å². The third-order valence-corrected chi connectivity index (χ3v) is 5.04. The van der Waals surface area contributed by atoms with E-state index in [0.717, 1.165) is 25.9 Å². The number of carbonyl (C=O) groups excluding carboxylic acids is 1. The van der Waals surface area contributed by atoms with Crippen molar-refractivity contribution in [1.82, 2.24) is 19.9 Å². The van der Waals surface area contributed by atoms with Gasteiger partial charge >= 0.3 is 0 Å². The SMILES string of the molecule is CC(c1nc(N)nc(N(C)C)n1)N1CCC(C(=O)Nc2ccccc2O)CC1. The number of likely N-dealkylation sites (tertiary alicyclic amines) is 1. The van der Waals surface area contributed by atoms with Crippen molar-refractivity contribution in [2.45, 2.75) is 25.8 Å². The molecule has 0 radical (unpaired) electrons. The molecule has 28 heavy (non-hydrogen) atoms. The number of anilines is 3. The minimum Gasteiger partial charge on any atom is -0.506 e. The second-order valence-corrected chi connectivity index (χ2v) is 7.24. The molecule has 2 aromatic rings. The zero-order chi connectivity index (χ0) is 20.3. The maximum Gasteiger partial charge on any atom is 0.229 e. The number of aromatic nitrogens is 3. The van der Waals surface area contributed by atoms with Crippen LogP contribution in [0, 0.1) is 5.92 Å². The number of nitrogens with one attached hydrogen (secondary N) is 1. The number of aromatic hydroxyl groups is 1. The fourth-order valence-electron chi connectivity index (χ4n) is 3.31. The Kier molecular flexibility index (Phi) is 5.93. The van der Waals surface area contributed by atoms with Crippen LogP contribution in [0.1, 0.15) is 31.6 Å². The number of nitrogen functional groups attached to an aromatic ring is 1. The van der Waals surface area contributed by atoms with E-state index in [9.17, 15) is 9.90 Å². The summed E-state index contributed by atoms with van der Waals surface area (Å²) in [4.78, 5) is 29.5. The molecule has 0 spiro atoms. The predicted octanol–water partition coefficient (Wildman–Crippen LogP) is 1.64. The number of rotatable bonds is 5. The van der Waals surface area contributed by atoms with E-state index < -0.39 is 0 Å². The molecule has 1 atom stereocenters. The number of piperidine rings is 1. The highest BCUT2D eigenvalue weighted by molar-refractivity contribution is 5.93. The van der Waals surface area contributed by atoms with Crippen LogP contribution in [0.3, 0.4) is 0 Å². The zero-order valence-corrected chi connectivity index (χ0v) is 16.5. The van der Waals surface area contributed by atoms with Gasteiger partial charge < -0.3 is 21.1 Å². The summed E-state index contributed by atoms with van der Waals surface area (Å²) in [6.07, 6.45) is 1.45. The van der Waals surface area contributed by atoms with Crippen LogP contribution >= 0.6 is 0 Å². The molecule has 1 unspecified atom stereocenters. The van der Waals surface area contributed by atoms with Gasteiger partial charge in [-0.1, -0.05) is 12.1 Å². The largest absolute Gasteiger partial charge is 0.506 e. The third kappa shape index (κ3) is 4.48. The van der Waals surface area contributed by atoms with Crippen molar-refractivity contribution >= 4 is 23.5 Å². The molecule has 4 N–H and O–H groups in total.